The molecule has 7 nitrogen and oxygen atoms in total. The van der Waals surface area contributed by atoms with Crippen LogP contribution in [0, 0.1) is 18.2 Å². The SMILES string of the molecule is Cc1cn(-c2ccc(/C=C3\CC4(CN5C3=NNCC5c3ccc(F)cc3)CS(=O)C4)c3ncsc23)cn1. The molecule has 0 saturated carbocycles. The van der Waals surface area contributed by atoms with Gasteiger partial charge in [0, 0.05) is 46.0 Å². The van der Waals surface area contributed by atoms with Crippen molar-refractivity contribution in [3.05, 3.63) is 82.6 Å². The van der Waals surface area contributed by atoms with Crippen LogP contribution in [0.5, 0.6) is 0 Å². The Morgan fingerprint density at radius 2 is 2.03 bits per heavy atom. The minimum atomic E-state index is -0.778. The van der Waals surface area contributed by atoms with E-state index in [9.17, 15) is 8.60 Å². The number of rotatable bonds is 3. The van der Waals surface area contributed by atoms with Crippen molar-refractivity contribution in [2.45, 2.75) is 19.4 Å². The van der Waals surface area contributed by atoms with Crippen LogP contribution in [0.1, 0.15) is 29.3 Å². The average Bonchev–Trinajstić information content (AvgIpc) is 3.53. The summed E-state index contributed by atoms with van der Waals surface area (Å²) in [6, 6.07) is 11.0. The zero-order chi connectivity index (χ0) is 25.1. The lowest BCUT2D eigenvalue weighted by Crippen LogP contribution is -2.60. The summed E-state index contributed by atoms with van der Waals surface area (Å²) in [6.07, 6.45) is 6.87. The molecule has 1 N–H and O–H groups in total. The molecule has 0 radical (unpaired) electrons. The van der Waals surface area contributed by atoms with E-state index in [4.69, 9.17) is 10.1 Å². The number of amidine groups is 1. The van der Waals surface area contributed by atoms with Gasteiger partial charge in [-0.15, -0.1) is 11.3 Å². The van der Waals surface area contributed by atoms with Crippen LogP contribution in [0.2, 0.25) is 0 Å². The van der Waals surface area contributed by atoms with Crippen LogP contribution in [-0.4, -0.2) is 54.1 Å². The number of nitrogens with zero attached hydrogens (tertiary/aromatic N) is 5. The van der Waals surface area contributed by atoms with Gasteiger partial charge in [0.15, 0.2) is 5.84 Å². The molecule has 1 atom stereocenters. The summed E-state index contributed by atoms with van der Waals surface area (Å²) in [4.78, 5) is 11.4. The summed E-state index contributed by atoms with van der Waals surface area (Å²) in [5.41, 5.74) is 11.2. The molecule has 7 rings (SSSR count). The third-order valence-corrected chi connectivity index (χ3v) is 10.2. The van der Waals surface area contributed by atoms with Crippen LogP contribution in [0.3, 0.4) is 0 Å². The van der Waals surface area contributed by atoms with Crippen molar-refractivity contribution in [1.29, 1.82) is 0 Å². The summed E-state index contributed by atoms with van der Waals surface area (Å²) in [7, 11) is -0.778. The number of hydrogen-bond donors (Lipinski definition) is 1. The van der Waals surface area contributed by atoms with Crippen molar-refractivity contribution >= 4 is 44.3 Å². The number of thiazole rings is 1. The van der Waals surface area contributed by atoms with Crippen molar-refractivity contribution in [3.63, 3.8) is 0 Å². The lowest BCUT2D eigenvalue weighted by Gasteiger charge is -2.53. The lowest BCUT2D eigenvalue weighted by atomic mass is 9.78. The molecule has 1 unspecified atom stereocenters. The first kappa shape index (κ1) is 22.8. The van der Waals surface area contributed by atoms with Gasteiger partial charge in [0.2, 0.25) is 0 Å². The molecule has 4 aromatic rings. The van der Waals surface area contributed by atoms with Crippen LogP contribution in [-0.2, 0) is 10.8 Å². The Morgan fingerprint density at radius 1 is 1.19 bits per heavy atom. The average molecular weight is 533 g/mol. The maximum atomic E-state index is 13.7. The zero-order valence-corrected chi connectivity index (χ0v) is 21.9. The standard InChI is InChI=1S/C27H25FN6OS2/c1-17-11-33(15-29-17)22-7-4-19(24-25(22)36-16-30-24)8-20-9-27(13-37(35)14-27)12-34-23(10-31-32-26(20)34)18-2-5-21(28)6-3-18/h2-8,11,15-16,23,31H,9-10,12-14H2,1H3/b20-8+. The molecule has 2 fully saturated rings. The van der Waals surface area contributed by atoms with E-state index < -0.39 is 10.8 Å². The van der Waals surface area contributed by atoms with Gasteiger partial charge in [-0.3, -0.25) is 4.21 Å². The summed E-state index contributed by atoms with van der Waals surface area (Å²) < 4.78 is 29.1. The maximum absolute atomic E-state index is 13.7. The Morgan fingerprint density at radius 3 is 2.78 bits per heavy atom. The Labute approximate surface area is 220 Å². The first-order valence-corrected chi connectivity index (χ1v) is 14.6. The molecule has 2 aromatic carbocycles. The van der Waals surface area contributed by atoms with E-state index in [1.54, 1.807) is 11.3 Å². The van der Waals surface area contributed by atoms with Gasteiger partial charge >= 0.3 is 0 Å². The Kier molecular flexibility index (Phi) is 5.30. The van der Waals surface area contributed by atoms with Crippen LogP contribution in [0.25, 0.3) is 22.0 Å². The van der Waals surface area contributed by atoms with Gasteiger partial charge in [-0.1, -0.05) is 18.2 Å². The summed E-state index contributed by atoms with van der Waals surface area (Å²) in [5, 5.41) is 4.75. The third-order valence-electron chi connectivity index (χ3n) is 7.48. The number of aryl methyl sites for hydroxylation is 1. The molecule has 10 heteroatoms. The van der Waals surface area contributed by atoms with E-state index in [1.807, 2.05) is 41.7 Å². The predicted octanol–water partition coefficient (Wildman–Crippen LogP) is 4.43. The van der Waals surface area contributed by atoms with Crippen molar-refractivity contribution in [3.8, 4) is 5.69 Å². The highest BCUT2D eigenvalue weighted by molar-refractivity contribution is 7.86. The number of halogens is 1. The predicted molar refractivity (Wildman–Crippen MR) is 146 cm³/mol. The third kappa shape index (κ3) is 3.90. The largest absolute Gasteiger partial charge is 0.345 e. The molecule has 37 heavy (non-hydrogen) atoms. The zero-order valence-electron chi connectivity index (χ0n) is 20.2. The molecule has 0 aliphatic carbocycles. The number of nitrogens with one attached hydrogen (secondary N) is 1. The fourth-order valence-electron chi connectivity index (χ4n) is 5.82. The number of aromatic nitrogens is 3. The van der Waals surface area contributed by atoms with Gasteiger partial charge < -0.3 is 14.9 Å². The molecule has 5 heterocycles. The number of hydrazone groups is 1. The van der Waals surface area contributed by atoms with E-state index in [1.165, 1.54) is 12.1 Å². The number of benzene rings is 2. The van der Waals surface area contributed by atoms with Crippen LogP contribution in [0.4, 0.5) is 4.39 Å². The fourth-order valence-corrected chi connectivity index (χ4v) is 8.33. The van der Waals surface area contributed by atoms with Crippen molar-refractivity contribution in [2.24, 2.45) is 10.5 Å². The van der Waals surface area contributed by atoms with Gasteiger partial charge in [0.25, 0.3) is 0 Å². The van der Waals surface area contributed by atoms with Crippen LogP contribution < -0.4 is 5.43 Å². The number of hydrogen-bond acceptors (Lipinski definition) is 7. The highest BCUT2D eigenvalue weighted by atomic mass is 32.2. The quantitative estimate of drug-likeness (QED) is 0.423. The highest BCUT2D eigenvalue weighted by Gasteiger charge is 2.50. The molecule has 2 saturated heterocycles. The Bertz CT molecular complexity index is 1600. The second kappa shape index (κ2) is 8.59. The molecule has 2 aromatic heterocycles. The summed E-state index contributed by atoms with van der Waals surface area (Å²) >= 11 is 1.62. The van der Waals surface area contributed by atoms with E-state index in [0.717, 1.165) is 57.1 Å². The summed E-state index contributed by atoms with van der Waals surface area (Å²) in [5.74, 6) is 2.06. The second-order valence-corrected chi connectivity index (χ2v) is 12.5. The van der Waals surface area contributed by atoms with E-state index in [-0.39, 0.29) is 17.3 Å². The number of fused-ring (bicyclic) bond motifs is 2. The van der Waals surface area contributed by atoms with E-state index in [2.05, 4.69) is 33.5 Å². The second-order valence-electron chi connectivity index (χ2n) is 10.2. The fraction of sp³-hybridized carbons (Fsp3) is 0.296. The van der Waals surface area contributed by atoms with Crippen molar-refractivity contribution < 1.29 is 8.60 Å². The van der Waals surface area contributed by atoms with Gasteiger partial charge in [0.05, 0.1) is 46.0 Å². The lowest BCUT2D eigenvalue weighted by molar-refractivity contribution is 0.170. The first-order valence-electron chi connectivity index (χ1n) is 12.2. The Hall–Kier alpha value is -3.37. The molecule has 3 aliphatic rings. The first-order chi connectivity index (χ1) is 18.0. The van der Waals surface area contributed by atoms with Crippen LogP contribution in [0.15, 0.2) is 65.1 Å². The molecular formula is C27H25FN6OS2. The normalized spacial score (nSPS) is 26.2. The van der Waals surface area contributed by atoms with Gasteiger partial charge in [0.1, 0.15) is 5.82 Å². The molecular weight excluding hydrogens is 507 g/mol. The topological polar surface area (TPSA) is 75.4 Å². The van der Waals surface area contributed by atoms with Gasteiger partial charge in [-0.05, 0) is 48.8 Å². The molecule has 188 valence electrons. The number of piperidine rings is 1. The van der Waals surface area contributed by atoms with E-state index in [0.29, 0.717) is 18.1 Å². The van der Waals surface area contributed by atoms with E-state index >= 15 is 0 Å². The molecule has 0 bridgehead atoms. The van der Waals surface area contributed by atoms with Crippen molar-refractivity contribution in [2.75, 3.05) is 24.6 Å². The van der Waals surface area contributed by atoms with Gasteiger partial charge in [-0.2, -0.15) is 5.10 Å². The molecule has 3 aliphatic heterocycles. The minimum Gasteiger partial charge on any atom is -0.345 e. The minimum absolute atomic E-state index is 0.0221. The molecule has 1 spiro atoms. The Balaban J connectivity index is 1.31. The summed E-state index contributed by atoms with van der Waals surface area (Å²) in [6.45, 7) is 3.41. The van der Waals surface area contributed by atoms with Gasteiger partial charge in [-0.25, -0.2) is 14.4 Å². The monoisotopic (exact) mass is 532 g/mol. The molecule has 0 amide bonds. The smallest absolute Gasteiger partial charge is 0.152 e. The van der Waals surface area contributed by atoms with Crippen molar-refractivity contribution in [1.82, 2.24) is 24.9 Å². The maximum Gasteiger partial charge on any atom is 0.152 e. The van der Waals surface area contributed by atoms with Crippen LogP contribution >= 0.6 is 11.3 Å². The highest BCUT2D eigenvalue weighted by Crippen LogP contribution is 2.45. The number of imidazole rings is 1.